The lowest BCUT2D eigenvalue weighted by atomic mass is 10.1. The van der Waals surface area contributed by atoms with E-state index < -0.39 is 11.4 Å². The van der Waals surface area contributed by atoms with E-state index in [9.17, 15) is 18.8 Å². The van der Waals surface area contributed by atoms with Crippen LogP contribution in [0, 0.1) is 5.82 Å². The Kier molecular flexibility index (Phi) is 6.16. The molecule has 1 aliphatic heterocycles. The zero-order chi connectivity index (χ0) is 22.7. The first-order chi connectivity index (χ1) is 15.5. The lowest BCUT2D eigenvalue weighted by Gasteiger charge is -2.23. The minimum atomic E-state index is -0.534. The van der Waals surface area contributed by atoms with E-state index in [1.165, 1.54) is 30.1 Å². The van der Waals surface area contributed by atoms with Crippen molar-refractivity contribution in [1.29, 1.82) is 0 Å². The van der Waals surface area contributed by atoms with Crippen molar-refractivity contribution in [3.05, 3.63) is 70.5 Å². The lowest BCUT2D eigenvalue weighted by Crippen LogP contribution is -2.40. The van der Waals surface area contributed by atoms with Crippen LogP contribution in [-0.4, -0.2) is 64.5 Å². The summed E-state index contributed by atoms with van der Waals surface area (Å²) in [5, 5.41) is 0.129. The number of halogens is 1. The second kappa shape index (κ2) is 9.17. The van der Waals surface area contributed by atoms with Gasteiger partial charge in [-0.15, -0.1) is 0 Å². The number of aromatic nitrogens is 2. The number of amides is 2. The number of nitrogens with zero attached hydrogens (tertiary/aromatic N) is 4. The quantitative estimate of drug-likeness (QED) is 0.622. The number of hydrogen-bond acceptors (Lipinski definition) is 5. The first-order valence-electron chi connectivity index (χ1n) is 10.3. The van der Waals surface area contributed by atoms with Crippen molar-refractivity contribution < 1.29 is 18.7 Å². The van der Waals surface area contributed by atoms with Gasteiger partial charge in [0.2, 0.25) is 5.91 Å². The average Bonchev–Trinajstić information content (AvgIpc) is 3.07. The molecule has 1 fully saturated rings. The Hall–Kier alpha value is -3.75. The van der Waals surface area contributed by atoms with Gasteiger partial charge in [-0.1, -0.05) is 12.1 Å². The van der Waals surface area contributed by atoms with Crippen LogP contribution >= 0.6 is 0 Å². The number of methoxy groups -OCH3 is 1. The molecule has 166 valence electrons. The number of benzene rings is 2. The third-order valence-electron chi connectivity index (χ3n) is 5.56. The fourth-order valence-electron chi connectivity index (χ4n) is 3.85. The third-order valence-corrected chi connectivity index (χ3v) is 5.56. The van der Waals surface area contributed by atoms with Gasteiger partial charge in [-0.05, 0) is 36.8 Å². The summed E-state index contributed by atoms with van der Waals surface area (Å²) in [5.41, 5.74) is 0.391. The summed E-state index contributed by atoms with van der Waals surface area (Å²) in [6.45, 7) is 1.51. The van der Waals surface area contributed by atoms with Gasteiger partial charge in [-0.25, -0.2) is 9.37 Å². The van der Waals surface area contributed by atoms with Crippen LogP contribution in [0.4, 0.5) is 4.39 Å². The summed E-state index contributed by atoms with van der Waals surface area (Å²) in [7, 11) is 1.52. The van der Waals surface area contributed by atoms with Gasteiger partial charge < -0.3 is 14.5 Å². The molecule has 2 amide bonds. The van der Waals surface area contributed by atoms with Crippen molar-refractivity contribution in [2.75, 3.05) is 33.3 Å². The maximum Gasteiger partial charge on any atom is 0.261 e. The van der Waals surface area contributed by atoms with E-state index in [0.717, 1.165) is 6.07 Å². The van der Waals surface area contributed by atoms with E-state index in [1.54, 1.807) is 34.1 Å². The second-order valence-corrected chi connectivity index (χ2v) is 7.57. The van der Waals surface area contributed by atoms with Gasteiger partial charge in [0.1, 0.15) is 18.1 Å². The molecule has 0 unspecified atom stereocenters. The summed E-state index contributed by atoms with van der Waals surface area (Å²) >= 11 is 0. The predicted molar refractivity (Wildman–Crippen MR) is 116 cm³/mol. The number of rotatable bonds is 4. The number of hydrogen-bond donors (Lipinski definition) is 0. The van der Waals surface area contributed by atoms with Gasteiger partial charge >= 0.3 is 0 Å². The van der Waals surface area contributed by atoms with Crippen LogP contribution in [0.3, 0.4) is 0 Å². The van der Waals surface area contributed by atoms with Gasteiger partial charge in [0.25, 0.3) is 11.5 Å². The Balaban J connectivity index is 1.45. The molecule has 8 nitrogen and oxygen atoms in total. The highest BCUT2D eigenvalue weighted by Gasteiger charge is 2.24. The van der Waals surface area contributed by atoms with Gasteiger partial charge in [0.05, 0.1) is 29.9 Å². The van der Waals surface area contributed by atoms with Crippen molar-refractivity contribution in [2.45, 2.75) is 13.0 Å². The molecule has 1 saturated heterocycles. The highest BCUT2D eigenvalue weighted by molar-refractivity contribution is 5.97. The molecule has 9 heteroatoms. The fraction of sp³-hybridized carbons (Fsp3) is 0.304. The smallest absolute Gasteiger partial charge is 0.261 e. The van der Waals surface area contributed by atoms with Gasteiger partial charge in [-0.3, -0.25) is 19.0 Å². The van der Waals surface area contributed by atoms with E-state index in [0.29, 0.717) is 49.4 Å². The normalized spacial score (nSPS) is 14.3. The van der Waals surface area contributed by atoms with Gasteiger partial charge in [0.15, 0.2) is 0 Å². The molecule has 0 saturated carbocycles. The molecule has 0 N–H and O–H groups in total. The third kappa shape index (κ3) is 4.32. The lowest BCUT2D eigenvalue weighted by molar-refractivity contribution is -0.131. The molecule has 0 atom stereocenters. The van der Waals surface area contributed by atoms with Crippen LogP contribution in [-0.2, 0) is 11.3 Å². The molecule has 2 heterocycles. The zero-order valence-corrected chi connectivity index (χ0v) is 17.7. The Morgan fingerprint density at radius 1 is 1.06 bits per heavy atom. The standard InChI is InChI=1S/C23H23FN4O4/c1-32-20-6-3-2-5-17(20)22(30)27-10-4-9-26(11-12-27)21(29)14-28-15-25-19-8-7-16(24)13-18(19)23(28)31/h2-3,5-8,13,15H,4,9-12,14H2,1H3. The fourth-order valence-corrected chi connectivity index (χ4v) is 3.85. The van der Waals surface area contributed by atoms with Crippen molar-refractivity contribution in [2.24, 2.45) is 0 Å². The summed E-state index contributed by atoms with van der Waals surface area (Å²) < 4.78 is 20.0. The molecule has 1 aliphatic rings. The highest BCUT2D eigenvalue weighted by Crippen LogP contribution is 2.20. The molecule has 0 aliphatic carbocycles. The second-order valence-electron chi connectivity index (χ2n) is 7.57. The van der Waals surface area contributed by atoms with Crippen LogP contribution < -0.4 is 10.3 Å². The number of ether oxygens (including phenoxy) is 1. The summed E-state index contributed by atoms with van der Waals surface area (Å²) in [6, 6.07) is 10.8. The van der Waals surface area contributed by atoms with E-state index >= 15 is 0 Å². The molecular weight excluding hydrogens is 415 g/mol. The Morgan fingerprint density at radius 2 is 1.81 bits per heavy atom. The van der Waals surface area contributed by atoms with Crippen LogP contribution in [0.5, 0.6) is 5.75 Å². The molecule has 1 aromatic heterocycles. The highest BCUT2D eigenvalue weighted by atomic mass is 19.1. The SMILES string of the molecule is COc1ccccc1C(=O)N1CCCN(C(=O)Cn2cnc3ccc(F)cc3c2=O)CC1. The maximum absolute atomic E-state index is 13.5. The van der Waals surface area contributed by atoms with Crippen LogP contribution in [0.1, 0.15) is 16.8 Å². The Morgan fingerprint density at radius 3 is 2.62 bits per heavy atom. The van der Waals surface area contributed by atoms with Gasteiger partial charge in [-0.2, -0.15) is 0 Å². The van der Waals surface area contributed by atoms with E-state index in [2.05, 4.69) is 4.98 Å². The largest absolute Gasteiger partial charge is 0.496 e. The molecule has 32 heavy (non-hydrogen) atoms. The minimum Gasteiger partial charge on any atom is -0.496 e. The van der Waals surface area contributed by atoms with Crippen LogP contribution in [0.2, 0.25) is 0 Å². The number of fused-ring (bicyclic) bond motifs is 1. The van der Waals surface area contributed by atoms with Crippen molar-refractivity contribution in [3.8, 4) is 5.75 Å². The van der Waals surface area contributed by atoms with Crippen LogP contribution in [0.25, 0.3) is 10.9 Å². The summed E-state index contributed by atoms with van der Waals surface area (Å²) in [4.78, 5) is 46.0. The predicted octanol–water partition coefficient (Wildman–Crippen LogP) is 1.92. The molecule has 3 aromatic rings. The topological polar surface area (TPSA) is 84.7 Å². The zero-order valence-electron chi connectivity index (χ0n) is 17.7. The monoisotopic (exact) mass is 438 g/mol. The van der Waals surface area contributed by atoms with Crippen molar-refractivity contribution in [1.82, 2.24) is 19.4 Å². The first kappa shape index (κ1) is 21.5. The van der Waals surface area contributed by atoms with E-state index in [1.807, 2.05) is 0 Å². The van der Waals surface area contributed by atoms with E-state index in [4.69, 9.17) is 4.74 Å². The minimum absolute atomic E-state index is 0.129. The van der Waals surface area contributed by atoms with E-state index in [-0.39, 0.29) is 23.7 Å². The number of carbonyl (C=O) groups is 2. The number of carbonyl (C=O) groups excluding carboxylic acids is 2. The molecule has 2 aromatic carbocycles. The Bertz CT molecular complexity index is 1230. The molecule has 0 spiro atoms. The average molecular weight is 438 g/mol. The maximum atomic E-state index is 13.5. The molecule has 4 rings (SSSR count). The van der Waals surface area contributed by atoms with Crippen molar-refractivity contribution in [3.63, 3.8) is 0 Å². The first-order valence-corrected chi connectivity index (χ1v) is 10.3. The molecule has 0 radical (unpaired) electrons. The Labute approximate surface area is 183 Å². The summed E-state index contributed by atoms with van der Waals surface area (Å²) in [6.07, 6.45) is 1.92. The van der Waals surface area contributed by atoms with Gasteiger partial charge in [0, 0.05) is 26.2 Å². The van der Waals surface area contributed by atoms with Crippen LogP contribution in [0.15, 0.2) is 53.6 Å². The molecular formula is C23H23FN4O4. The number of para-hydroxylation sites is 1. The summed E-state index contributed by atoms with van der Waals surface area (Å²) in [5.74, 6) is -0.424. The molecule has 0 bridgehead atoms. The van der Waals surface area contributed by atoms with Crippen molar-refractivity contribution >= 4 is 22.7 Å².